The van der Waals surface area contributed by atoms with E-state index in [1.807, 2.05) is 35.9 Å². The van der Waals surface area contributed by atoms with Crippen LogP contribution in [0.1, 0.15) is 26.3 Å². The number of amides is 1. The lowest BCUT2D eigenvalue weighted by molar-refractivity contribution is -0.131. The number of nitrogens with zero attached hydrogens (tertiary/aromatic N) is 1. The van der Waals surface area contributed by atoms with Gasteiger partial charge in [0.15, 0.2) is 5.75 Å². The highest BCUT2D eigenvalue weighted by atomic mass is 16.5. The number of fused-ring (bicyclic) bond motifs is 1. The van der Waals surface area contributed by atoms with Crippen molar-refractivity contribution in [1.82, 2.24) is 9.72 Å². The maximum Gasteiger partial charge on any atom is 0.308 e. The minimum Gasteiger partial charge on any atom is -0.424 e. The van der Waals surface area contributed by atoms with Crippen molar-refractivity contribution in [2.45, 2.75) is 33.2 Å². The smallest absolute Gasteiger partial charge is 0.308 e. The highest BCUT2D eigenvalue weighted by molar-refractivity contribution is 5.76. The van der Waals surface area contributed by atoms with Crippen LogP contribution in [0, 0.1) is 0 Å². The number of carbonyl (C=O) groups is 2. The zero-order chi connectivity index (χ0) is 14.7. The standard InChI is InChI=1S/C15H18N2O3/c1-10(16-11(2)18)9-13-6-8-17-7-4-5-14(15(13)17)20-12(3)19/h4-8,10H,9H2,1-3H3,(H,16,18). The SMILES string of the molecule is CC(=O)NC(C)Cc1ccn2cccc(OC(C)=O)c12. The Hall–Kier alpha value is -2.30. The molecule has 106 valence electrons. The van der Waals surface area contributed by atoms with Gasteiger partial charge in [-0.15, -0.1) is 0 Å². The average Bonchev–Trinajstić information content (AvgIpc) is 2.71. The molecule has 5 heteroatoms. The van der Waals surface area contributed by atoms with Gasteiger partial charge in [0.1, 0.15) is 0 Å². The molecule has 0 spiro atoms. The predicted octanol–water partition coefficient (Wildman–Crippen LogP) is 1.93. The molecule has 0 saturated heterocycles. The zero-order valence-electron chi connectivity index (χ0n) is 11.8. The fourth-order valence-corrected chi connectivity index (χ4v) is 2.33. The maximum absolute atomic E-state index is 11.2. The molecule has 1 N–H and O–H groups in total. The number of hydrogen-bond acceptors (Lipinski definition) is 3. The largest absolute Gasteiger partial charge is 0.424 e. The molecule has 2 rings (SSSR count). The summed E-state index contributed by atoms with van der Waals surface area (Å²) in [4.78, 5) is 22.2. The van der Waals surface area contributed by atoms with Crippen molar-refractivity contribution in [3.05, 3.63) is 36.2 Å². The van der Waals surface area contributed by atoms with Crippen LogP contribution in [0.5, 0.6) is 5.75 Å². The van der Waals surface area contributed by atoms with Gasteiger partial charge >= 0.3 is 5.97 Å². The summed E-state index contributed by atoms with van der Waals surface area (Å²) < 4.78 is 7.15. The van der Waals surface area contributed by atoms with Crippen LogP contribution in [0.25, 0.3) is 5.52 Å². The van der Waals surface area contributed by atoms with Gasteiger partial charge in [0.25, 0.3) is 0 Å². The van der Waals surface area contributed by atoms with Gasteiger partial charge < -0.3 is 14.5 Å². The lowest BCUT2D eigenvalue weighted by Gasteiger charge is -2.13. The van der Waals surface area contributed by atoms with E-state index >= 15 is 0 Å². The number of esters is 1. The van der Waals surface area contributed by atoms with Crippen LogP contribution in [0.3, 0.4) is 0 Å². The number of pyridine rings is 1. The van der Waals surface area contributed by atoms with E-state index in [4.69, 9.17) is 4.74 Å². The van der Waals surface area contributed by atoms with Gasteiger partial charge in [0.05, 0.1) is 5.52 Å². The molecule has 0 saturated carbocycles. The Kier molecular flexibility index (Phi) is 4.08. The molecular weight excluding hydrogens is 256 g/mol. The molecule has 1 atom stereocenters. The third-order valence-corrected chi connectivity index (χ3v) is 2.96. The maximum atomic E-state index is 11.2. The molecule has 0 bridgehead atoms. The second kappa shape index (κ2) is 5.77. The summed E-state index contributed by atoms with van der Waals surface area (Å²) >= 11 is 0. The number of carbonyl (C=O) groups excluding carboxylic acids is 2. The van der Waals surface area contributed by atoms with Gasteiger partial charge in [-0.25, -0.2) is 0 Å². The van der Waals surface area contributed by atoms with E-state index in [2.05, 4.69) is 5.32 Å². The highest BCUT2D eigenvalue weighted by Crippen LogP contribution is 2.25. The molecular formula is C15H18N2O3. The summed E-state index contributed by atoms with van der Waals surface area (Å²) in [5.41, 5.74) is 1.89. The lowest BCUT2D eigenvalue weighted by atomic mass is 10.1. The van der Waals surface area contributed by atoms with Crippen LogP contribution < -0.4 is 10.1 Å². The minimum atomic E-state index is -0.347. The first-order chi connectivity index (χ1) is 9.47. The van der Waals surface area contributed by atoms with E-state index < -0.39 is 0 Å². The molecule has 1 amide bonds. The summed E-state index contributed by atoms with van der Waals surface area (Å²) in [6.07, 6.45) is 4.49. The van der Waals surface area contributed by atoms with Gasteiger partial charge in [-0.1, -0.05) is 0 Å². The molecule has 0 radical (unpaired) electrons. The van der Waals surface area contributed by atoms with Gasteiger partial charge in [0.2, 0.25) is 5.91 Å². The second-order valence-electron chi connectivity index (χ2n) is 4.87. The molecule has 0 aliphatic rings. The first kappa shape index (κ1) is 14.1. The molecule has 0 aliphatic heterocycles. The van der Waals surface area contributed by atoms with E-state index in [0.717, 1.165) is 11.1 Å². The number of ether oxygens (including phenoxy) is 1. The third kappa shape index (κ3) is 3.17. The minimum absolute atomic E-state index is 0.0177. The van der Waals surface area contributed by atoms with Crippen LogP contribution in [-0.2, 0) is 16.0 Å². The predicted molar refractivity (Wildman–Crippen MR) is 75.7 cm³/mol. The number of nitrogens with one attached hydrogen (secondary N) is 1. The van der Waals surface area contributed by atoms with E-state index in [9.17, 15) is 9.59 Å². The van der Waals surface area contributed by atoms with E-state index in [-0.39, 0.29) is 17.9 Å². The van der Waals surface area contributed by atoms with Crippen molar-refractivity contribution in [3.8, 4) is 5.75 Å². The van der Waals surface area contributed by atoms with Crippen molar-refractivity contribution in [2.24, 2.45) is 0 Å². The number of aromatic nitrogens is 1. The summed E-state index contributed by atoms with van der Waals surface area (Å²) in [5, 5.41) is 2.85. The number of hydrogen-bond donors (Lipinski definition) is 1. The van der Waals surface area contributed by atoms with E-state index in [1.165, 1.54) is 13.8 Å². The van der Waals surface area contributed by atoms with Crippen molar-refractivity contribution >= 4 is 17.4 Å². The molecule has 2 heterocycles. The Labute approximate surface area is 117 Å². The molecule has 5 nitrogen and oxygen atoms in total. The van der Waals surface area contributed by atoms with Crippen LogP contribution in [-0.4, -0.2) is 22.3 Å². The Bertz CT molecular complexity index is 646. The first-order valence-corrected chi connectivity index (χ1v) is 6.51. The Morgan fingerprint density at radius 3 is 2.70 bits per heavy atom. The Morgan fingerprint density at radius 1 is 1.30 bits per heavy atom. The third-order valence-electron chi connectivity index (χ3n) is 2.96. The van der Waals surface area contributed by atoms with Crippen LogP contribution in [0.2, 0.25) is 0 Å². The van der Waals surface area contributed by atoms with Crippen LogP contribution in [0.4, 0.5) is 0 Å². The first-order valence-electron chi connectivity index (χ1n) is 6.51. The van der Waals surface area contributed by atoms with Gasteiger partial charge in [-0.3, -0.25) is 9.59 Å². The topological polar surface area (TPSA) is 59.8 Å². The fraction of sp³-hybridized carbons (Fsp3) is 0.333. The molecule has 0 aliphatic carbocycles. The summed E-state index contributed by atoms with van der Waals surface area (Å²) in [5.74, 6) is 0.136. The highest BCUT2D eigenvalue weighted by Gasteiger charge is 2.13. The van der Waals surface area contributed by atoms with E-state index in [1.54, 1.807) is 6.07 Å². The van der Waals surface area contributed by atoms with E-state index in [0.29, 0.717) is 12.2 Å². The quantitative estimate of drug-likeness (QED) is 0.867. The molecule has 2 aromatic heterocycles. The summed E-state index contributed by atoms with van der Waals surface area (Å²) in [6, 6.07) is 5.58. The molecule has 2 aromatic rings. The number of rotatable bonds is 4. The molecule has 1 unspecified atom stereocenters. The van der Waals surface area contributed by atoms with Crippen molar-refractivity contribution < 1.29 is 14.3 Å². The van der Waals surface area contributed by atoms with Gasteiger partial charge in [0, 0.05) is 32.3 Å². The van der Waals surface area contributed by atoms with Crippen molar-refractivity contribution in [1.29, 1.82) is 0 Å². The Morgan fingerprint density at radius 2 is 2.05 bits per heavy atom. The molecule has 0 aromatic carbocycles. The average molecular weight is 274 g/mol. The van der Waals surface area contributed by atoms with Crippen LogP contribution in [0.15, 0.2) is 30.6 Å². The van der Waals surface area contributed by atoms with Gasteiger partial charge in [-0.05, 0) is 37.1 Å². The fourth-order valence-electron chi connectivity index (χ4n) is 2.33. The van der Waals surface area contributed by atoms with Crippen LogP contribution >= 0.6 is 0 Å². The van der Waals surface area contributed by atoms with Gasteiger partial charge in [-0.2, -0.15) is 0 Å². The normalized spacial score (nSPS) is 12.2. The lowest BCUT2D eigenvalue weighted by Crippen LogP contribution is -2.31. The zero-order valence-corrected chi connectivity index (χ0v) is 11.8. The van der Waals surface area contributed by atoms with Crippen molar-refractivity contribution in [2.75, 3.05) is 0 Å². The second-order valence-corrected chi connectivity index (χ2v) is 4.87. The Balaban J connectivity index is 2.34. The van der Waals surface area contributed by atoms with Crippen molar-refractivity contribution in [3.63, 3.8) is 0 Å². The molecule has 20 heavy (non-hydrogen) atoms. The summed E-state index contributed by atoms with van der Waals surface area (Å²) in [7, 11) is 0. The monoisotopic (exact) mass is 274 g/mol. The summed E-state index contributed by atoms with van der Waals surface area (Å²) in [6.45, 7) is 4.82. The molecule has 0 fully saturated rings.